The molecule has 1 aromatic heterocycles. The van der Waals surface area contributed by atoms with Crippen LogP contribution >= 0.6 is 23.5 Å². The van der Waals surface area contributed by atoms with Gasteiger partial charge in [-0.3, -0.25) is 9.78 Å². The van der Waals surface area contributed by atoms with Gasteiger partial charge in [0.1, 0.15) is 0 Å². The largest absolute Gasteiger partial charge is 0.493 e. The van der Waals surface area contributed by atoms with Gasteiger partial charge in [0.05, 0.1) is 45.8 Å². The van der Waals surface area contributed by atoms with Crippen molar-refractivity contribution in [2.24, 2.45) is 0 Å². The molecule has 2 aromatic carbocycles. The van der Waals surface area contributed by atoms with E-state index in [-0.39, 0.29) is 15.6 Å². The molecule has 11 nitrogen and oxygen atoms in total. The highest BCUT2D eigenvalue weighted by atomic mass is 32.2. The molecule has 0 spiro atoms. The second kappa shape index (κ2) is 15.2. The molecule has 236 valence electrons. The zero-order valence-corrected chi connectivity index (χ0v) is 27.2. The molecule has 4 atom stereocenters. The van der Waals surface area contributed by atoms with Gasteiger partial charge < -0.3 is 38.5 Å². The van der Waals surface area contributed by atoms with Crippen LogP contribution < -0.4 is 33.7 Å². The SMILES string of the molecule is COc1cc([C@@H]2SC[C@@H](c3cc(OC)c(OC(C)OC(=O)C(NC(C)=O)c4ccccn4)c(OC)c3)S2)cc(OC)c1OC. The number of esters is 1. The Morgan fingerprint density at radius 1 is 0.864 bits per heavy atom. The molecule has 1 aliphatic heterocycles. The Kier molecular flexibility index (Phi) is 11.3. The maximum Gasteiger partial charge on any atom is 0.338 e. The van der Waals surface area contributed by atoms with Gasteiger partial charge in [-0.25, -0.2) is 4.79 Å². The van der Waals surface area contributed by atoms with Crippen molar-refractivity contribution in [3.8, 4) is 34.5 Å². The van der Waals surface area contributed by atoms with Crippen molar-refractivity contribution in [1.29, 1.82) is 0 Å². The summed E-state index contributed by atoms with van der Waals surface area (Å²) in [6.45, 7) is 2.88. The molecule has 3 aromatic rings. The number of thioether (sulfide) groups is 2. The number of carbonyl (C=O) groups is 2. The highest BCUT2D eigenvalue weighted by Gasteiger charge is 2.32. The quantitative estimate of drug-likeness (QED) is 0.187. The van der Waals surface area contributed by atoms with Gasteiger partial charge in [-0.2, -0.15) is 0 Å². The van der Waals surface area contributed by atoms with Crippen LogP contribution in [0.15, 0.2) is 48.7 Å². The van der Waals surface area contributed by atoms with Crippen molar-refractivity contribution in [3.05, 3.63) is 65.5 Å². The van der Waals surface area contributed by atoms with E-state index in [1.165, 1.54) is 27.3 Å². The number of nitrogens with zero attached hydrogens (tertiary/aromatic N) is 1. The first kappa shape index (κ1) is 32.9. The van der Waals surface area contributed by atoms with E-state index in [1.54, 1.807) is 58.2 Å². The van der Waals surface area contributed by atoms with Gasteiger partial charge >= 0.3 is 5.97 Å². The lowest BCUT2D eigenvalue weighted by atomic mass is 10.1. The van der Waals surface area contributed by atoms with Crippen LogP contribution in [0.25, 0.3) is 0 Å². The van der Waals surface area contributed by atoms with Gasteiger partial charge in [0.2, 0.25) is 23.7 Å². The molecule has 0 bridgehead atoms. The molecule has 13 heteroatoms. The van der Waals surface area contributed by atoms with Gasteiger partial charge in [-0.1, -0.05) is 6.07 Å². The number of methoxy groups -OCH3 is 5. The standard InChI is InChI=1S/C31H36N2O9S2/c1-17(34)33-27(21-10-8-9-11-32-21)30(35)42-18(2)41-29-24(38-5)12-19(13-25(29)39-6)26-16-43-31(44-26)20-14-22(36-3)28(40-7)23(15-20)37-4/h8-15,18,26-27,31H,16H2,1-7H3,(H,33,34)/t18?,26-,27?,31+/m0/s1. The first-order valence-electron chi connectivity index (χ1n) is 13.6. The fourth-order valence-corrected chi connectivity index (χ4v) is 7.87. The van der Waals surface area contributed by atoms with Gasteiger partial charge in [0.15, 0.2) is 29.0 Å². The summed E-state index contributed by atoms with van der Waals surface area (Å²) in [7, 11) is 7.85. The molecule has 1 saturated heterocycles. The van der Waals surface area contributed by atoms with E-state index in [4.69, 9.17) is 33.2 Å². The van der Waals surface area contributed by atoms with Crippen molar-refractivity contribution in [2.75, 3.05) is 41.3 Å². The fourth-order valence-electron chi connectivity index (χ4n) is 4.62. The number of nitrogens with one attached hydrogen (secondary N) is 1. The topological polar surface area (TPSA) is 124 Å². The van der Waals surface area contributed by atoms with Crippen LogP contribution in [0.3, 0.4) is 0 Å². The minimum atomic E-state index is -1.10. The van der Waals surface area contributed by atoms with Gasteiger partial charge in [0, 0.05) is 31.0 Å². The second-order valence-corrected chi connectivity index (χ2v) is 12.3. The third kappa shape index (κ3) is 7.56. The monoisotopic (exact) mass is 644 g/mol. The fraction of sp³-hybridized carbons (Fsp3) is 0.387. The first-order chi connectivity index (χ1) is 21.2. The third-order valence-corrected chi connectivity index (χ3v) is 9.97. The summed E-state index contributed by atoms with van der Waals surface area (Å²) in [4.78, 5) is 29.0. The number of carbonyl (C=O) groups excluding carboxylic acids is 2. The average molecular weight is 645 g/mol. The summed E-state index contributed by atoms with van der Waals surface area (Å²) in [5, 5.41) is 2.70. The average Bonchev–Trinajstić information content (AvgIpc) is 3.53. The summed E-state index contributed by atoms with van der Waals surface area (Å²) in [5.41, 5.74) is 2.38. The summed E-state index contributed by atoms with van der Waals surface area (Å²) in [6.07, 6.45) is 0.486. The number of aromatic nitrogens is 1. The molecule has 0 saturated carbocycles. The molecular formula is C31H36N2O9S2. The molecule has 1 amide bonds. The van der Waals surface area contributed by atoms with Gasteiger partial charge in [-0.05, 0) is 47.5 Å². The van der Waals surface area contributed by atoms with Crippen LogP contribution in [0.4, 0.5) is 0 Å². The van der Waals surface area contributed by atoms with E-state index in [0.717, 1.165) is 16.9 Å². The van der Waals surface area contributed by atoms with Crippen LogP contribution in [0, 0.1) is 0 Å². The van der Waals surface area contributed by atoms with E-state index < -0.39 is 24.2 Å². The van der Waals surface area contributed by atoms with Crippen LogP contribution in [0.5, 0.6) is 34.5 Å². The smallest absolute Gasteiger partial charge is 0.338 e. The number of hydrogen-bond acceptors (Lipinski definition) is 12. The zero-order valence-electron chi connectivity index (χ0n) is 25.6. The minimum Gasteiger partial charge on any atom is -0.493 e. The minimum absolute atomic E-state index is 0.118. The number of rotatable bonds is 13. The Morgan fingerprint density at radius 2 is 1.45 bits per heavy atom. The normalized spacial score (nSPS) is 17.2. The van der Waals surface area contributed by atoms with Crippen LogP contribution in [0.1, 0.15) is 46.5 Å². The Bertz CT molecular complexity index is 1410. The van der Waals surface area contributed by atoms with Crippen LogP contribution in [0.2, 0.25) is 0 Å². The molecule has 4 rings (SSSR count). The highest BCUT2D eigenvalue weighted by Crippen LogP contribution is 2.58. The number of amides is 1. The molecule has 1 aliphatic rings. The van der Waals surface area contributed by atoms with Crippen molar-refractivity contribution in [2.45, 2.75) is 36.0 Å². The van der Waals surface area contributed by atoms with E-state index in [2.05, 4.69) is 10.3 Å². The van der Waals surface area contributed by atoms with Crippen LogP contribution in [-0.4, -0.2) is 64.5 Å². The maximum atomic E-state index is 13.0. The molecule has 1 fully saturated rings. The van der Waals surface area contributed by atoms with Crippen molar-refractivity contribution in [3.63, 3.8) is 0 Å². The zero-order chi connectivity index (χ0) is 31.8. The number of benzene rings is 2. The van der Waals surface area contributed by atoms with Crippen LogP contribution in [-0.2, 0) is 14.3 Å². The van der Waals surface area contributed by atoms with Gasteiger partial charge in [0.25, 0.3) is 0 Å². The molecule has 0 aliphatic carbocycles. The summed E-state index contributed by atoms with van der Waals surface area (Å²) >= 11 is 3.60. The molecule has 2 unspecified atom stereocenters. The Balaban J connectivity index is 1.51. The second-order valence-electron chi connectivity index (χ2n) is 9.51. The Labute approximate surface area is 265 Å². The Morgan fingerprint density at radius 3 is 1.98 bits per heavy atom. The predicted octanol–water partition coefficient (Wildman–Crippen LogP) is 5.49. The van der Waals surface area contributed by atoms with E-state index in [1.807, 2.05) is 36.0 Å². The summed E-state index contributed by atoms with van der Waals surface area (Å²) in [5.74, 6) is 2.60. The van der Waals surface area contributed by atoms with E-state index >= 15 is 0 Å². The first-order valence-corrected chi connectivity index (χ1v) is 15.6. The van der Waals surface area contributed by atoms with Crippen molar-refractivity contribution in [1.82, 2.24) is 10.3 Å². The third-order valence-electron chi connectivity index (χ3n) is 6.63. The predicted molar refractivity (Wildman–Crippen MR) is 168 cm³/mol. The number of ether oxygens (including phenoxy) is 7. The van der Waals surface area contributed by atoms with Crippen molar-refractivity contribution >= 4 is 35.4 Å². The lowest BCUT2D eigenvalue weighted by molar-refractivity contribution is -0.165. The highest BCUT2D eigenvalue weighted by molar-refractivity contribution is 8.19. The van der Waals surface area contributed by atoms with Gasteiger partial charge in [-0.15, -0.1) is 23.5 Å². The summed E-state index contributed by atoms with van der Waals surface area (Å²) < 4.78 is 39.6. The van der Waals surface area contributed by atoms with Crippen molar-refractivity contribution < 1.29 is 42.7 Å². The molecule has 0 radical (unpaired) electrons. The van der Waals surface area contributed by atoms with E-state index in [0.29, 0.717) is 34.4 Å². The molecule has 44 heavy (non-hydrogen) atoms. The molecule has 2 heterocycles. The Hall–Kier alpha value is -3.97. The summed E-state index contributed by atoms with van der Waals surface area (Å²) in [6, 6.07) is 11.7. The lowest BCUT2D eigenvalue weighted by Gasteiger charge is -2.23. The maximum absolute atomic E-state index is 13.0. The number of hydrogen-bond donors (Lipinski definition) is 1. The lowest BCUT2D eigenvalue weighted by Crippen LogP contribution is -2.36. The molecular weight excluding hydrogens is 608 g/mol. The molecule has 1 N–H and O–H groups in total. The number of pyridine rings is 1. The van der Waals surface area contributed by atoms with E-state index in [9.17, 15) is 9.59 Å².